The Hall–Kier alpha value is -2.25. The zero-order valence-corrected chi connectivity index (χ0v) is 9.33. The lowest BCUT2D eigenvalue weighted by Gasteiger charge is -2.00. The first-order chi connectivity index (χ1) is 8.24. The van der Waals surface area contributed by atoms with Crippen molar-refractivity contribution < 1.29 is 9.32 Å². The molecule has 2 aromatic heterocycles. The molecule has 2 rings (SSSR count). The van der Waals surface area contributed by atoms with Gasteiger partial charge in [0, 0.05) is 19.2 Å². The van der Waals surface area contributed by atoms with E-state index < -0.39 is 0 Å². The number of hydrogen-bond acceptors (Lipinski definition) is 6. The number of nitrogens with zero attached hydrogens (tertiary/aromatic N) is 5. The first-order valence-corrected chi connectivity index (χ1v) is 5.18. The average Bonchev–Trinajstić information content (AvgIpc) is 2.90. The largest absolute Gasteiger partial charge is 0.328 e. The van der Waals surface area contributed by atoms with Crippen LogP contribution in [-0.4, -0.2) is 31.0 Å². The number of nitrogens with one attached hydrogen (secondary N) is 1. The zero-order chi connectivity index (χ0) is 12.1. The van der Waals surface area contributed by atoms with E-state index in [0.717, 1.165) is 0 Å². The molecule has 1 amide bonds. The van der Waals surface area contributed by atoms with Crippen LogP contribution in [0, 0.1) is 6.92 Å². The van der Waals surface area contributed by atoms with E-state index in [1.165, 1.54) is 0 Å². The number of amides is 1. The summed E-state index contributed by atoms with van der Waals surface area (Å²) < 4.78 is 6.44. The SMILES string of the molecule is Cc1noc(NC(=O)CCCn2ccnn2)n1. The highest BCUT2D eigenvalue weighted by Crippen LogP contribution is 2.03. The molecule has 0 bridgehead atoms. The van der Waals surface area contributed by atoms with E-state index in [1.54, 1.807) is 24.0 Å². The highest BCUT2D eigenvalue weighted by molar-refractivity contribution is 5.88. The van der Waals surface area contributed by atoms with E-state index in [2.05, 4.69) is 25.8 Å². The number of rotatable bonds is 5. The lowest BCUT2D eigenvalue weighted by atomic mass is 10.3. The van der Waals surface area contributed by atoms with Gasteiger partial charge in [-0.15, -0.1) is 5.10 Å². The van der Waals surface area contributed by atoms with Crippen LogP contribution in [0.25, 0.3) is 0 Å². The minimum Gasteiger partial charge on any atom is -0.315 e. The second kappa shape index (κ2) is 5.19. The Morgan fingerprint density at radius 3 is 3.12 bits per heavy atom. The van der Waals surface area contributed by atoms with E-state index in [9.17, 15) is 4.79 Å². The van der Waals surface area contributed by atoms with Gasteiger partial charge < -0.3 is 4.52 Å². The monoisotopic (exact) mass is 236 g/mol. The van der Waals surface area contributed by atoms with Gasteiger partial charge >= 0.3 is 6.01 Å². The van der Waals surface area contributed by atoms with Gasteiger partial charge in [0.15, 0.2) is 5.82 Å². The van der Waals surface area contributed by atoms with Gasteiger partial charge in [-0.1, -0.05) is 10.4 Å². The molecule has 0 aliphatic carbocycles. The van der Waals surface area contributed by atoms with Crippen LogP contribution < -0.4 is 5.32 Å². The summed E-state index contributed by atoms with van der Waals surface area (Å²) in [6.07, 6.45) is 4.38. The van der Waals surface area contributed by atoms with Gasteiger partial charge in [0.25, 0.3) is 0 Å². The average molecular weight is 236 g/mol. The Labute approximate surface area is 97.0 Å². The Morgan fingerprint density at radius 2 is 2.47 bits per heavy atom. The number of carbonyl (C=O) groups excluding carboxylic acids is 1. The van der Waals surface area contributed by atoms with E-state index >= 15 is 0 Å². The summed E-state index contributed by atoms with van der Waals surface area (Å²) in [7, 11) is 0. The first kappa shape index (κ1) is 11.2. The Bertz CT molecular complexity index is 477. The molecule has 2 aromatic rings. The van der Waals surface area contributed by atoms with Crippen molar-refractivity contribution in [2.75, 3.05) is 5.32 Å². The van der Waals surface area contributed by atoms with Gasteiger partial charge in [0.2, 0.25) is 5.91 Å². The van der Waals surface area contributed by atoms with Gasteiger partial charge in [0.1, 0.15) is 0 Å². The van der Waals surface area contributed by atoms with Crippen LogP contribution in [-0.2, 0) is 11.3 Å². The minimum absolute atomic E-state index is 0.133. The van der Waals surface area contributed by atoms with E-state index in [0.29, 0.717) is 25.2 Å². The molecule has 0 fully saturated rings. The minimum atomic E-state index is -0.159. The van der Waals surface area contributed by atoms with Crippen molar-refractivity contribution >= 4 is 11.9 Å². The number of aromatic nitrogens is 5. The molecule has 0 unspecified atom stereocenters. The van der Waals surface area contributed by atoms with Crippen molar-refractivity contribution in [2.45, 2.75) is 26.3 Å². The fourth-order valence-electron chi connectivity index (χ4n) is 1.28. The molecule has 90 valence electrons. The van der Waals surface area contributed by atoms with Gasteiger partial charge in [-0.25, -0.2) is 0 Å². The van der Waals surface area contributed by atoms with Gasteiger partial charge in [-0.3, -0.25) is 14.8 Å². The molecule has 1 N–H and O–H groups in total. The molecule has 0 radical (unpaired) electrons. The third-order valence-electron chi connectivity index (χ3n) is 2.04. The quantitative estimate of drug-likeness (QED) is 0.806. The molecule has 0 atom stereocenters. The molecule has 0 aliphatic heterocycles. The molecule has 0 spiro atoms. The van der Waals surface area contributed by atoms with Gasteiger partial charge in [0.05, 0.1) is 6.20 Å². The zero-order valence-electron chi connectivity index (χ0n) is 9.33. The second-order valence-corrected chi connectivity index (χ2v) is 3.46. The number of aryl methyl sites for hydroxylation is 2. The van der Waals surface area contributed by atoms with E-state index in [-0.39, 0.29) is 11.9 Å². The van der Waals surface area contributed by atoms with Crippen LogP contribution in [0.4, 0.5) is 6.01 Å². The Morgan fingerprint density at radius 1 is 1.59 bits per heavy atom. The molecule has 8 heteroatoms. The number of hydrogen-bond donors (Lipinski definition) is 1. The van der Waals surface area contributed by atoms with Crippen molar-refractivity contribution in [1.29, 1.82) is 0 Å². The summed E-state index contributed by atoms with van der Waals surface area (Å²) in [6.45, 7) is 2.33. The number of carbonyl (C=O) groups is 1. The maximum Gasteiger partial charge on any atom is 0.328 e. The topological polar surface area (TPSA) is 98.7 Å². The molecule has 0 saturated heterocycles. The molecular weight excluding hydrogens is 224 g/mol. The van der Waals surface area contributed by atoms with Crippen LogP contribution >= 0.6 is 0 Å². The van der Waals surface area contributed by atoms with Crippen LogP contribution in [0.2, 0.25) is 0 Å². The smallest absolute Gasteiger partial charge is 0.315 e. The first-order valence-electron chi connectivity index (χ1n) is 5.18. The highest BCUT2D eigenvalue weighted by Gasteiger charge is 2.07. The Kier molecular flexibility index (Phi) is 3.43. The standard InChI is InChI=1S/C9H12N6O2/c1-7-11-9(17-13-7)12-8(16)3-2-5-15-6-4-10-14-15/h4,6H,2-3,5H2,1H3,(H,11,12,13,16). The molecule has 0 saturated carbocycles. The van der Waals surface area contributed by atoms with Crippen molar-refractivity contribution in [2.24, 2.45) is 0 Å². The van der Waals surface area contributed by atoms with Crippen LogP contribution in [0.3, 0.4) is 0 Å². The molecule has 0 aliphatic rings. The van der Waals surface area contributed by atoms with Crippen molar-refractivity contribution in [3.8, 4) is 0 Å². The van der Waals surface area contributed by atoms with Crippen molar-refractivity contribution in [1.82, 2.24) is 25.1 Å². The predicted molar refractivity (Wildman–Crippen MR) is 56.9 cm³/mol. The molecule has 8 nitrogen and oxygen atoms in total. The summed E-state index contributed by atoms with van der Waals surface area (Å²) in [4.78, 5) is 15.3. The fourth-order valence-corrected chi connectivity index (χ4v) is 1.28. The second-order valence-electron chi connectivity index (χ2n) is 3.46. The van der Waals surface area contributed by atoms with E-state index in [1.807, 2.05) is 0 Å². The summed E-state index contributed by atoms with van der Waals surface area (Å²) in [6, 6.07) is 0.133. The van der Waals surface area contributed by atoms with Gasteiger partial charge in [-0.05, 0) is 13.3 Å². The maximum absolute atomic E-state index is 11.5. The third kappa shape index (κ3) is 3.37. The molecule has 2 heterocycles. The summed E-state index contributed by atoms with van der Waals surface area (Å²) in [5.41, 5.74) is 0. The summed E-state index contributed by atoms with van der Waals surface area (Å²) in [5, 5.41) is 13.5. The Balaban J connectivity index is 1.71. The van der Waals surface area contributed by atoms with Crippen LogP contribution in [0.1, 0.15) is 18.7 Å². The van der Waals surface area contributed by atoms with Crippen LogP contribution in [0.5, 0.6) is 0 Å². The molecular formula is C9H12N6O2. The van der Waals surface area contributed by atoms with Crippen molar-refractivity contribution in [3.63, 3.8) is 0 Å². The number of anilines is 1. The maximum atomic E-state index is 11.5. The summed E-state index contributed by atoms with van der Waals surface area (Å²) in [5.74, 6) is 0.330. The molecule has 0 aromatic carbocycles. The molecule has 17 heavy (non-hydrogen) atoms. The highest BCUT2D eigenvalue weighted by atomic mass is 16.5. The third-order valence-corrected chi connectivity index (χ3v) is 2.04. The van der Waals surface area contributed by atoms with Crippen molar-refractivity contribution in [3.05, 3.63) is 18.2 Å². The summed E-state index contributed by atoms with van der Waals surface area (Å²) >= 11 is 0. The predicted octanol–water partition coefficient (Wildman–Crippen LogP) is 0.388. The van der Waals surface area contributed by atoms with Crippen LogP contribution in [0.15, 0.2) is 16.9 Å². The van der Waals surface area contributed by atoms with Gasteiger partial charge in [-0.2, -0.15) is 4.98 Å². The lowest BCUT2D eigenvalue weighted by Crippen LogP contribution is -2.12. The lowest BCUT2D eigenvalue weighted by molar-refractivity contribution is -0.116. The normalized spacial score (nSPS) is 10.4. The van der Waals surface area contributed by atoms with E-state index in [4.69, 9.17) is 4.52 Å². The fraction of sp³-hybridized carbons (Fsp3) is 0.444.